The highest BCUT2D eigenvalue weighted by molar-refractivity contribution is 5.47. The van der Waals surface area contributed by atoms with Gasteiger partial charge in [-0.1, -0.05) is 42.5 Å². The van der Waals surface area contributed by atoms with E-state index in [9.17, 15) is 4.39 Å². The van der Waals surface area contributed by atoms with Crippen LogP contribution in [0.4, 0.5) is 16.0 Å². The number of nitrogens with one attached hydrogen (secondary N) is 2. The molecule has 0 radical (unpaired) electrons. The summed E-state index contributed by atoms with van der Waals surface area (Å²) in [6.45, 7) is 3.40. The highest BCUT2D eigenvalue weighted by Crippen LogP contribution is 2.13. The van der Waals surface area contributed by atoms with E-state index >= 15 is 0 Å². The molecule has 0 aliphatic rings. The van der Waals surface area contributed by atoms with Crippen molar-refractivity contribution in [1.82, 2.24) is 9.97 Å². The second-order valence-corrected chi connectivity index (χ2v) is 5.84. The van der Waals surface area contributed by atoms with Crippen molar-refractivity contribution in [3.63, 3.8) is 0 Å². The molecule has 0 aliphatic carbocycles. The molecule has 0 spiro atoms. The lowest BCUT2D eigenvalue weighted by Crippen LogP contribution is -2.09. The first-order valence-electron chi connectivity index (χ1n) is 8.30. The summed E-state index contributed by atoms with van der Waals surface area (Å²) in [7, 11) is 0. The van der Waals surface area contributed by atoms with Gasteiger partial charge in [0.2, 0.25) is 0 Å². The van der Waals surface area contributed by atoms with E-state index in [0.717, 1.165) is 11.6 Å². The van der Waals surface area contributed by atoms with E-state index in [2.05, 4.69) is 39.7 Å². The lowest BCUT2D eigenvalue weighted by molar-refractivity contribution is 0.610. The first-order valence-corrected chi connectivity index (χ1v) is 8.30. The van der Waals surface area contributed by atoms with Crippen LogP contribution in [0.3, 0.4) is 0 Å². The van der Waals surface area contributed by atoms with Gasteiger partial charge < -0.3 is 10.6 Å². The summed E-state index contributed by atoms with van der Waals surface area (Å²) < 4.78 is 13.6. The van der Waals surface area contributed by atoms with Crippen LogP contribution in [0.15, 0.2) is 60.9 Å². The second kappa shape index (κ2) is 8.24. The maximum absolute atomic E-state index is 13.6. The molecule has 0 unspecified atom stereocenters. The molecule has 1 heterocycles. The number of rotatable bonds is 7. The van der Waals surface area contributed by atoms with Crippen LogP contribution in [0, 0.1) is 12.7 Å². The van der Waals surface area contributed by atoms with Crippen molar-refractivity contribution < 1.29 is 4.39 Å². The number of hydrogen-bond donors (Lipinski definition) is 2. The van der Waals surface area contributed by atoms with Crippen molar-refractivity contribution in [3.05, 3.63) is 83.4 Å². The molecule has 0 fully saturated rings. The monoisotopic (exact) mass is 336 g/mol. The highest BCUT2D eigenvalue weighted by Gasteiger charge is 2.03. The minimum absolute atomic E-state index is 0.174. The van der Waals surface area contributed by atoms with Crippen LogP contribution in [0.5, 0.6) is 0 Å². The van der Waals surface area contributed by atoms with Crippen LogP contribution < -0.4 is 10.6 Å². The molecule has 2 N–H and O–H groups in total. The zero-order chi connectivity index (χ0) is 17.5. The third kappa shape index (κ3) is 4.76. The Kier molecular flexibility index (Phi) is 5.57. The predicted molar refractivity (Wildman–Crippen MR) is 99.1 cm³/mol. The van der Waals surface area contributed by atoms with E-state index in [0.29, 0.717) is 25.1 Å². The minimum atomic E-state index is -0.174. The molecular weight excluding hydrogens is 315 g/mol. The predicted octanol–water partition coefficient (Wildman–Crippen LogP) is 4.19. The molecule has 3 rings (SSSR count). The van der Waals surface area contributed by atoms with E-state index in [-0.39, 0.29) is 5.82 Å². The molecule has 0 amide bonds. The van der Waals surface area contributed by atoms with Crippen molar-refractivity contribution >= 4 is 11.6 Å². The molecule has 4 nitrogen and oxygen atoms in total. The molecule has 0 saturated carbocycles. The van der Waals surface area contributed by atoms with E-state index in [1.807, 2.05) is 24.3 Å². The van der Waals surface area contributed by atoms with Crippen molar-refractivity contribution in [3.8, 4) is 0 Å². The number of anilines is 2. The van der Waals surface area contributed by atoms with Crippen LogP contribution in [-0.4, -0.2) is 16.5 Å². The maximum atomic E-state index is 13.6. The zero-order valence-corrected chi connectivity index (χ0v) is 14.2. The summed E-state index contributed by atoms with van der Waals surface area (Å²) in [5, 5.41) is 6.52. The van der Waals surface area contributed by atoms with E-state index in [1.165, 1.54) is 23.5 Å². The van der Waals surface area contributed by atoms with Gasteiger partial charge >= 0.3 is 0 Å². The van der Waals surface area contributed by atoms with Crippen molar-refractivity contribution in [2.75, 3.05) is 17.2 Å². The minimum Gasteiger partial charge on any atom is -0.370 e. The van der Waals surface area contributed by atoms with Crippen LogP contribution in [0.1, 0.15) is 16.7 Å². The van der Waals surface area contributed by atoms with Gasteiger partial charge in [-0.3, -0.25) is 0 Å². The van der Waals surface area contributed by atoms with Gasteiger partial charge in [0.15, 0.2) is 0 Å². The average Bonchev–Trinajstić information content (AvgIpc) is 2.63. The molecule has 1 aromatic heterocycles. The fraction of sp³-hybridized carbons (Fsp3) is 0.200. The summed E-state index contributed by atoms with van der Waals surface area (Å²) in [5.41, 5.74) is 3.17. The third-order valence-corrected chi connectivity index (χ3v) is 4.05. The molecule has 5 heteroatoms. The summed E-state index contributed by atoms with van der Waals surface area (Å²) in [4.78, 5) is 8.45. The Balaban J connectivity index is 1.54. The summed E-state index contributed by atoms with van der Waals surface area (Å²) in [6, 6.07) is 16.9. The lowest BCUT2D eigenvalue weighted by atomic mass is 10.1. The first-order chi connectivity index (χ1) is 12.2. The quantitative estimate of drug-likeness (QED) is 0.679. The number of nitrogens with zero attached hydrogens (tertiary/aromatic N) is 2. The van der Waals surface area contributed by atoms with Gasteiger partial charge in [0.25, 0.3) is 0 Å². The summed E-state index contributed by atoms with van der Waals surface area (Å²) >= 11 is 0. The van der Waals surface area contributed by atoms with Gasteiger partial charge in [-0.25, -0.2) is 14.4 Å². The normalized spacial score (nSPS) is 10.5. The molecule has 25 heavy (non-hydrogen) atoms. The molecule has 0 bridgehead atoms. The maximum Gasteiger partial charge on any atom is 0.131 e. The molecule has 0 saturated heterocycles. The molecule has 0 atom stereocenters. The Morgan fingerprint density at radius 2 is 1.56 bits per heavy atom. The van der Waals surface area contributed by atoms with Gasteiger partial charge in [-0.2, -0.15) is 0 Å². The Labute approximate surface area is 147 Å². The van der Waals surface area contributed by atoms with Gasteiger partial charge in [0.1, 0.15) is 23.8 Å². The molecule has 128 valence electrons. The fourth-order valence-electron chi connectivity index (χ4n) is 2.57. The van der Waals surface area contributed by atoms with Gasteiger partial charge in [-0.15, -0.1) is 0 Å². The third-order valence-electron chi connectivity index (χ3n) is 4.05. The Bertz CT molecular complexity index is 835. The largest absolute Gasteiger partial charge is 0.370 e. The molecular formula is C20H21FN4. The Morgan fingerprint density at radius 1 is 0.880 bits per heavy atom. The number of benzene rings is 2. The summed E-state index contributed by atoms with van der Waals surface area (Å²) in [6.07, 6.45) is 2.12. The first kappa shape index (κ1) is 16.9. The summed E-state index contributed by atoms with van der Waals surface area (Å²) in [5.74, 6) is 1.30. The van der Waals surface area contributed by atoms with Crippen molar-refractivity contribution in [1.29, 1.82) is 0 Å². The highest BCUT2D eigenvalue weighted by atomic mass is 19.1. The standard InChI is InChI=1S/C20H21FN4/c1-15-6-2-3-8-17(15)13-23-20-12-19(24-14-25-20)22-11-10-16-7-4-5-9-18(16)21/h2-9,12,14H,10-11,13H2,1H3,(H2,22,23,24,25). The van der Waals surface area contributed by atoms with Gasteiger partial charge in [0.05, 0.1) is 0 Å². The number of aryl methyl sites for hydroxylation is 1. The molecule has 2 aromatic carbocycles. The average molecular weight is 336 g/mol. The second-order valence-electron chi connectivity index (χ2n) is 5.84. The zero-order valence-electron chi connectivity index (χ0n) is 14.2. The number of aromatic nitrogens is 2. The van der Waals surface area contributed by atoms with Crippen LogP contribution in [0.2, 0.25) is 0 Å². The number of halogens is 1. The van der Waals surface area contributed by atoms with Gasteiger partial charge in [-0.05, 0) is 36.1 Å². The van der Waals surface area contributed by atoms with Crippen LogP contribution in [0.25, 0.3) is 0 Å². The van der Waals surface area contributed by atoms with Crippen LogP contribution in [-0.2, 0) is 13.0 Å². The Hall–Kier alpha value is -2.95. The van der Waals surface area contributed by atoms with Crippen LogP contribution >= 0.6 is 0 Å². The number of hydrogen-bond acceptors (Lipinski definition) is 4. The van der Waals surface area contributed by atoms with Gasteiger partial charge in [0, 0.05) is 19.2 Å². The molecule has 3 aromatic rings. The molecule has 0 aliphatic heterocycles. The van der Waals surface area contributed by atoms with E-state index in [1.54, 1.807) is 12.1 Å². The fourth-order valence-corrected chi connectivity index (χ4v) is 2.57. The Morgan fingerprint density at radius 3 is 2.32 bits per heavy atom. The van der Waals surface area contributed by atoms with E-state index < -0.39 is 0 Å². The SMILES string of the molecule is Cc1ccccc1CNc1cc(NCCc2ccccc2F)ncn1. The lowest BCUT2D eigenvalue weighted by Gasteiger charge is -2.10. The van der Waals surface area contributed by atoms with E-state index in [4.69, 9.17) is 0 Å². The smallest absolute Gasteiger partial charge is 0.131 e. The topological polar surface area (TPSA) is 49.8 Å². The van der Waals surface area contributed by atoms with Crippen molar-refractivity contribution in [2.45, 2.75) is 19.9 Å². The van der Waals surface area contributed by atoms with Crippen molar-refractivity contribution in [2.24, 2.45) is 0 Å².